The highest BCUT2D eigenvalue weighted by molar-refractivity contribution is 5.47. The van der Waals surface area contributed by atoms with Crippen LogP contribution in [0.5, 0.6) is 0 Å². The van der Waals surface area contributed by atoms with Gasteiger partial charge in [0.25, 0.3) is 0 Å². The van der Waals surface area contributed by atoms with Gasteiger partial charge in [0.05, 0.1) is 0 Å². The predicted octanol–water partition coefficient (Wildman–Crippen LogP) is 1.72. The van der Waals surface area contributed by atoms with Crippen molar-refractivity contribution in [2.75, 3.05) is 32.7 Å². The number of aryl methyl sites for hydroxylation is 1. The monoisotopic (exact) mass is 233 g/mol. The molecule has 94 valence electrons. The van der Waals surface area contributed by atoms with Crippen LogP contribution in [0.15, 0.2) is 24.5 Å². The van der Waals surface area contributed by atoms with Gasteiger partial charge in [-0.15, -0.1) is 0 Å². The number of nitrogens with zero attached hydrogens (tertiary/aromatic N) is 2. The molecule has 0 unspecified atom stereocenters. The van der Waals surface area contributed by atoms with E-state index in [-0.39, 0.29) is 0 Å². The van der Waals surface area contributed by atoms with E-state index in [2.05, 4.69) is 52.4 Å². The van der Waals surface area contributed by atoms with Gasteiger partial charge < -0.3 is 14.8 Å². The van der Waals surface area contributed by atoms with Crippen LogP contribution in [0.4, 0.5) is 0 Å². The summed E-state index contributed by atoms with van der Waals surface area (Å²) in [7, 11) is 2.06. The van der Waals surface area contributed by atoms with Crippen molar-refractivity contribution in [2.24, 2.45) is 7.05 Å². The number of rotatable bonds is 4. The molecule has 0 aromatic carbocycles. The van der Waals surface area contributed by atoms with Crippen LogP contribution in [-0.2, 0) is 7.05 Å². The molecule has 1 aromatic heterocycles. The molecule has 0 amide bonds. The Hall–Kier alpha value is -1.06. The molecule has 0 aliphatic carbocycles. The Kier molecular flexibility index (Phi) is 4.83. The highest BCUT2D eigenvalue weighted by atomic mass is 15.1. The second-order valence-corrected chi connectivity index (χ2v) is 4.75. The fraction of sp³-hybridized carbons (Fsp3) is 0.571. The lowest BCUT2D eigenvalue weighted by Crippen LogP contribution is -2.28. The van der Waals surface area contributed by atoms with Crippen molar-refractivity contribution in [3.8, 4) is 0 Å². The fourth-order valence-corrected chi connectivity index (χ4v) is 2.23. The first-order chi connectivity index (χ1) is 8.34. The van der Waals surface area contributed by atoms with Crippen LogP contribution in [-0.4, -0.2) is 42.2 Å². The lowest BCUT2D eigenvalue weighted by atomic mass is 10.2. The third kappa shape index (κ3) is 4.36. The lowest BCUT2D eigenvalue weighted by molar-refractivity contribution is 0.298. The molecule has 0 spiro atoms. The Bertz CT molecular complexity index is 346. The average molecular weight is 233 g/mol. The number of nitrogens with one attached hydrogen (secondary N) is 1. The molecule has 17 heavy (non-hydrogen) atoms. The molecule has 0 bridgehead atoms. The Morgan fingerprint density at radius 3 is 3.12 bits per heavy atom. The molecule has 0 radical (unpaired) electrons. The maximum atomic E-state index is 3.43. The maximum Gasteiger partial charge on any atom is 0.0107 e. The summed E-state index contributed by atoms with van der Waals surface area (Å²) < 4.78 is 2.08. The molecule has 1 aromatic rings. The highest BCUT2D eigenvalue weighted by Crippen LogP contribution is 2.04. The highest BCUT2D eigenvalue weighted by Gasteiger charge is 2.06. The standard InChI is InChI=1S/C14H23N3/c1-16-11-6-14(13-16)5-2-3-9-17-10-4-7-15-8-12-17/h2,5-6,11,13,15H,3-4,7-10,12H2,1H3/b5-2+. The van der Waals surface area contributed by atoms with Crippen LogP contribution in [0, 0.1) is 0 Å². The summed E-state index contributed by atoms with van der Waals surface area (Å²) >= 11 is 0. The Morgan fingerprint density at radius 2 is 2.29 bits per heavy atom. The summed E-state index contributed by atoms with van der Waals surface area (Å²) in [6.45, 7) is 5.94. The van der Waals surface area contributed by atoms with Crippen LogP contribution in [0.25, 0.3) is 6.08 Å². The SMILES string of the molecule is Cn1ccc(/C=C/CCN2CCCNCC2)c1. The van der Waals surface area contributed by atoms with Crippen LogP contribution >= 0.6 is 0 Å². The minimum Gasteiger partial charge on any atom is -0.357 e. The third-order valence-corrected chi connectivity index (χ3v) is 3.21. The summed E-state index contributed by atoms with van der Waals surface area (Å²) in [5.74, 6) is 0. The zero-order valence-electron chi connectivity index (χ0n) is 10.7. The third-order valence-electron chi connectivity index (χ3n) is 3.21. The van der Waals surface area contributed by atoms with Crippen molar-refractivity contribution in [1.82, 2.24) is 14.8 Å². The minimum absolute atomic E-state index is 1.14. The number of hydrogen-bond donors (Lipinski definition) is 1. The van der Waals surface area contributed by atoms with E-state index in [1.807, 2.05) is 0 Å². The van der Waals surface area contributed by atoms with Gasteiger partial charge in [0.2, 0.25) is 0 Å². The fourth-order valence-electron chi connectivity index (χ4n) is 2.23. The molecule has 1 saturated heterocycles. The quantitative estimate of drug-likeness (QED) is 0.854. The van der Waals surface area contributed by atoms with E-state index in [0.29, 0.717) is 0 Å². The van der Waals surface area contributed by atoms with Gasteiger partial charge >= 0.3 is 0 Å². The van der Waals surface area contributed by atoms with Crippen molar-refractivity contribution in [3.05, 3.63) is 30.1 Å². The molecule has 2 rings (SSSR count). The van der Waals surface area contributed by atoms with Crippen molar-refractivity contribution in [3.63, 3.8) is 0 Å². The van der Waals surface area contributed by atoms with E-state index in [4.69, 9.17) is 0 Å². The first-order valence-corrected chi connectivity index (χ1v) is 6.56. The summed E-state index contributed by atoms with van der Waals surface area (Å²) in [6, 6.07) is 2.15. The van der Waals surface area contributed by atoms with E-state index in [1.54, 1.807) is 0 Å². The number of hydrogen-bond acceptors (Lipinski definition) is 2. The van der Waals surface area contributed by atoms with Gasteiger partial charge in [-0.25, -0.2) is 0 Å². The van der Waals surface area contributed by atoms with E-state index >= 15 is 0 Å². The first-order valence-electron chi connectivity index (χ1n) is 6.56. The first kappa shape index (κ1) is 12.4. The predicted molar refractivity (Wildman–Crippen MR) is 73.0 cm³/mol. The summed E-state index contributed by atoms with van der Waals surface area (Å²) in [5.41, 5.74) is 1.30. The molecular formula is C14H23N3. The van der Waals surface area contributed by atoms with Crippen LogP contribution in [0.1, 0.15) is 18.4 Å². The molecule has 0 saturated carbocycles. The van der Waals surface area contributed by atoms with Crippen molar-refractivity contribution in [2.45, 2.75) is 12.8 Å². The second kappa shape index (κ2) is 6.62. The van der Waals surface area contributed by atoms with Gasteiger partial charge in [0.1, 0.15) is 0 Å². The van der Waals surface area contributed by atoms with Gasteiger partial charge in [-0.05, 0) is 37.6 Å². The van der Waals surface area contributed by atoms with Crippen LogP contribution in [0.2, 0.25) is 0 Å². The Balaban J connectivity index is 1.69. The van der Waals surface area contributed by atoms with Crippen molar-refractivity contribution < 1.29 is 0 Å². The van der Waals surface area contributed by atoms with Crippen molar-refractivity contribution >= 4 is 6.08 Å². The van der Waals surface area contributed by atoms with Gasteiger partial charge in [-0.1, -0.05) is 12.2 Å². The zero-order chi connectivity index (χ0) is 11.9. The molecule has 1 aliphatic rings. The number of aromatic nitrogens is 1. The molecule has 1 fully saturated rings. The van der Waals surface area contributed by atoms with Crippen LogP contribution in [0.3, 0.4) is 0 Å². The van der Waals surface area contributed by atoms with Gasteiger partial charge in [0, 0.05) is 39.1 Å². The molecule has 3 nitrogen and oxygen atoms in total. The summed E-state index contributed by atoms with van der Waals surface area (Å²) in [6.07, 6.45) is 11.2. The van der Waals surface area contributed by atoms with Gasteiger partial charge in [0.15, 0.2) is 0 Å². The normalized spacial score (nSPS) is 18.6. The van der Waals surface area contributed by atoms with Gasteiger partial charge in [-0.3, -0.25) is 0 Å². The molecule has 1 N–H and O–H groups in total. The lowest BCUT2D eigenvalue weighted by Gasteiger charge is -2.17. The van der Waals surface area contributed by atoms with E-state index in [9.17, 15) is 0 Å². The second-order valence-electron chi connectivity index (χ2n) is 4.75. The van der Waals surface area contributed by atoms with Crippen LogP contribution < -0.4 is 5.32 Å². The van der Waals surface area contributed by atoms with E-state index in [1.165, 1.54) is 38.2 Å². The molecule has 1 aliphatic heterocycles. The smallest absolute Gasteiger partial charge is 0.0107 e. The minimum atomic E-state index is 1.14. The van der Waals surface area contributed by atoms with Crippen molar-refractivity contribution in [1.29, 1.82) is 0 Å². The zero-order valence-corrected chi connectivity index (χ0v) is 10.7. The van der Waals surface area contributed by atoms with E-state index < -0.39 is 0 Å². The average Bonchev–Trinajstić information content (AvgIpc) is 2.59. The molecule has 0 atom stereocenters. The summed E-state index contributed by atoms with van der Waals surface area (Å²) in [5, 5.41) is 3.43. The van der Waals surface area contributed by atoms with Gasteiger partial charge in [-0.2, -0.15) is 0 Å². The Labute approximate surface area is 104 Å². The topological polar surface area (TPSA) is 20.2 Å². The molecular weight excluding hydrogens is 210 g/mol. The maximum absolute atomic E-state index is 3.43. The largest absolute Gasteiger partial charge is 0.357 e. The Morgan fingerprint density at radius 1 is 1.35 bits per heavy atom. The van der Waals surface area contributed by atoms with E-state index in [0.717, 1.165) is 13.0 Å². The summed E-state index contributed by atoms with van der Waals surface area (Å²) in [4.78, 5) is 2.55. The molecule has 2 heterocycles. The molecule has 3 heteroatoms.